The Bertz CT molecular complexity index is 1690. The Morgan fingerprint density at radius 2 is 1.78 bits per heavy atom. The lowest BCUT2D eigenvalue weighted by molar-refractivity contribution is -0.114. The predicted molar refractivity (Wildman–Crippen MR) is 163 cm³/mol. The number of fused-ring (bicyclic) bond motifs is 2. The highest BCUT2D eigenvalue weighted by molar-refractivity contribution is 6.05. The summed E-state index contributed by atoms with van der Waals surface area (Å²) in [7, 11) is 3.85. The molecule has 0 aliphatic carbocycles. The molecular weight excluding hydrogens is 518 g/mol. The monoisotopic (exact) mass is 551 g/mol. The van der Waals surface area contributed by atoms with E-state index in [1.54, 1.807) is 18.1 Å². The fourth-order valence-electron chi connectivity index (χ4n) is 5.53. The molecule has 4 aromatic rings. The molecule has 1 amide bonds. The molecule has 0 saturated carbocycles. The fourth-order valence-corrected chi connectivity index (χ4v) is 5.53. The van der Waals surface area contributed by atoms with Crippen molar-refractivity contribution >= 4 is 51.5 Å². The van der Waals surface area contributed by atoms with E-state index in [1.165, 1.54) is 10.6 Å². The summed E-state index contributed by atoms with van der Waals surface area (Å²) < 4.78 is 1.54. The van der Waals surface area contributed by atoms with E-state index in [4.69, 9.17) is 0 Å². The Balaban J connectivity index is 1.29. The van der Waals surface area contributed by atoms with Crippen molar-refractivity contribution in [1.29, 1.82) is 0 Å². The van der Waals surface area contributed by atoms with Crippen molar-refractivity contribution < 1.29 is 4.79 Å². The highest BCUT2D eigenvalue weighted by atomic mass is 16.2. The van der Waals surface area contributed by atoms with E-state index in [0.29, 0.717) is 36.2 Å². The molecule has 6 rings (SSSR count). The third-order valence-corrected chi connectivity index (χ3v) is 7.84. The van der Waals surface area contributed by atoms with E-state index >= 15 is 0 Å². The maximum Gasteiger partial charge on any atom is 0.275 e. The van der Waals surface area contributed by atoms with Crippen LogP contribution >= 0.6 is 0 Å². The number of aryl methyl sites for hydroxylation is 2. The number of hydrogen-bond acceptors (Lipinski definition) is 9. The van der Waals surface area contributed by atoms with Gasteiger partial charge in [-0.15, -0.1) is 0 Å². The molecule has 1 saturated heterocycles. The zero-order chi connectivity index (χ0) is 28.7. The molecule has 3 aromatic heterocycles. The van der Waals surface area contributed by atoms with Crippen molar-refractivity contribution in [3.8, 4) is 0 Å². The second-order valence-corrected chi connectivity index (χ2v) is 10.5. The first-order chi connectivity index (χ1) is 19.8. The zero-order valence-electron chi connectivity index (χ0n) is 23.5. The van der Waals surface area contributed by atoms with Gasteiger partial charge in [-0.3, -0.25) is 14.2 Å². The quantitative estimate of drug-likeness (QED) is 0.375. The van der Waals surface area contributed by atoms with Gasteiger partial charge in [-0.2, -0.15) is 4.98 Å². The van der Waals surface area contributed by atoms with E-state index in [-0.39, 0.29) is 11.5 Å². The summed E-state index contributed by atoms with van der Waals surface area (Å²) in [6.07, 6.45) is 4.89. The normalized spacial score (nSPS) is 15.6. The van der Waals surface area contributed by atoms with Crippen molar-refractivity contribution in [2.75, 3.05) is 66.3 Å². The van der Waals surface area contributed by atoms with Gasteiger partial charge < -0.3 is 24.9 Å². The van der Waals surface area contributed by atoms with Crippen molar-refractivity contribution in [2.45, 2.75) is 6.92 Å². The third kappa shape index (κ3) is 4.89. The summed E-state index contributed by atoms with van der Waals surface area (Å²) in [4.78, 5) is 48.3. The van der Waals surface area contributed by atoms with Gasteiger partial charge in [0.25, 0.3) is 11.5 Å². The summed E-state index contributed by atoms with van der Waals surface area (Å²) in [6.45, 7) is 10.5. The largest absolute Gasteiger partial charge is 0.368 e. The predicted octanol–water partition coefficient (Wildman–Crippen LogP) is 3.20. The molecule has 2 aliphatic heterocycles. The van der Waals surface area contributed by atoms with E-state index in [0.717, 1.165) is 54.2 Å². The van der Waals surface area contributed by atoms with Crippen LogP contribution in [-0.4, -0.2) is 76.6 Å². The summed E-state index contributed by atoms with van der Waals surface area (Å²) in [5, 5.41) is 3.89. The van der Waals surface area contributed by atoms with Gasteiger partial charge in [0.15, 0.2) is 0 Å². The first-order valence-electron chi connectivity index (χ1n) is 13.7. The van der Waals surface area contributed by atoms with Gasteiger partial charge >= 0.3 is 0 Å². The molecule has 0 atom stereocenters. The second kappa shape index (κ2) is 10.7. The number of hydrogen-bond donors (Lipinski definition) is 1. The molecule has 0 bridgehead atoms. The van der Waals surface area contributed by atoms with Crippen LogP contribution in [0.1, 0.15) is 5.56 Å². The number of aromatic nitrogens is 4. The molecule has 11 nitrogen and oxygen atoms in total. The summed E-state index contributed by atoms with van der Waals surface area (Å²) in [5.74, 6) is 0.823. The Labute approximate surface area is 238 Å². The van der Waals surface area contributed by atoms with Crippen LogP contribution in [0.3, 0.4) is 0 Å². The smallest absolute Gasteiger partial charge is 0.275 e. The van der Waals surface area contributed by atoms with Crippen molar-refractivity contribution in [2.24, 2.45) is 7.05 Å². The lowest BCUT2D eigenvalue weighted by Gasteiger charge is -2.38. The highest BCUT2D eigenvalue weighted by Crippen LogP contribution is 2.39. The standard InChI is InChI=1S/C30H33N9O2/c1-5-26(40)39-16-15-38(23-8-6-7-20(2)27(23)39)24-17-21-18-32-30(34-28(21)36(4)29(24)41)33-25-10-9-22(19-31-25)37-13-11-35(3)12-14-37/h5-10,17-19H,1,11-16H2,2-4H3,(H,31,32,33,34). The number of benzene rings is 1. The minimum atomic E-state index is -0.187. The van der Waals surface area contributed by atoms with Crippen molar-refractivity contribution in [3.63, 3.8) is 0 Å². The summed E-state index contributed by atoms with van der Waals surface area (Å²) >= 11 is 0. The fraction of sp³-hybridized carbons (Fsp3) is 0.300. The first-order valence-corrected chi connectivity index (χ1v) is 13.7. The lowest BCUT2D eigenvalue weighted by atomic mass is 10.1. The van der Waals surface area contributed by atoms with Crippen LogP contribution < -0.4 is 25.6 Å². The molecular formula is C30H33N9O2. The minimum absolute atomic E-state index is 0.163. The van der Waals surface area contributed by atoms with Crippen LogP contribution in [-0.2, 0) is 11.8 Å². The zero-order valence-corrected chi connectivity index (χ0v) is 23.5. The molecule has 0 unspecified atom stereocenters. The van der Waals surface area contributed by atoms with Crippen LogP contribution in [0.15, 0.2) is 66.2 Å². The maximum atomic E-state index is 13.6. The first kappa shape index (κ1) is 26.5. The Kier molecular flexibility index (Phi) is 6.88. The summed E-state index contributed by atoms with van der Waals surface area (Å²) in [5.41, 5.74) is 4.45. The van der Waals surface area contributed by atoms with Crippen LogP contribution in [0.2, 0.25) is 0 Å². The van der Waals surface area contributed by atoms with Gasteiger partial charge in [0.1, 0.15) is 17.2 Å². The van der Waals surface area contributed by atoms with E-state index in [1.807, 2.05) is 54.4 Å². The lowest BCUT2D eigenvalue weighted by Crippen LogP contribution is -2.44. The average Bonchev–Trinajstić information content (AvgIpc) is 2.99. The molecule has 0 radical (unpaired) electrons. The SMILES string of the molecule is C=CC(=O)N1CCN(c2cc3cnc(Nc4ccc(N5CCN(C)CC5)cn4)nc3n(C)c2=O)c2cccc(C)c21. The molecule has 41 heavy (non-hydrogen) atoms. The number of likely N-dealkylation sites (N-methyl/N-ethyl adjacent to an activating group) is 1. The minimum Gasteiger partial charge on any atom is -0.368 e. The number of amides is 1. The summed E-state index contributed by atoms with van der Waals surface area (Å²) in [6, 6.07) is 11.6. The Morgan fingerprint density at radius 3 is 2.51 bits per heavy atom. The molecule has 1 fully saturated rings. The average molecular weight is 552 g/mol. The van der Waals surface area contributed by atoms with Crippen LogP contribution in [0.25, 0.3) is 11.0 Å². The Hall–Kier alpha value is -4.77. The number of nitrogens with zero attached hydrogens (tertiary/aromatic N) is 8. The topological polar surface area (TPSA) is 103 Å². The maximum absolute atomic E-state index is 13.6. The number of piperazine rings is 1. The van der Waals surface area contributed by atoms with Crippen molar-refractivity contribution in [3.05, 3.63) is 77.4 Å². The molecule has 11 heteroatoms. The number of pyridine rings is 2. The van der Waals surface area contributed by atoms with Gasteiger partial charge in [0, 0.05) is 57.9 Å². The number of rotatable bonds is 5. The van der Waals surface area contributed by atoms with Gasteiger partial charge in [-0.05, 0) is 49.9 Å². The van der Waals surface area contributed by atoms with E-state index < -0.39 is 0 Å². The van der Waals surface area contributed by atoms with E-state index in [2.05, 4.69) is 43.7 Å². The van der Waals surface area contributed by atoms with Crippen LogP contribution in [0, 0.1) is 6.92 Å². The van der Waals surface area contributed by atoms with Crippen LogP contribution in [0.4, 0.5) is 34.5 Å². The molecule has 1 N–H and O–H groups in total. The molecule has 0 spiro atoms. The third-order valence-electron chi connectivity index (χ3n) is 7.84. The number of nitrogens with one attached hydrogen (secondary N) is 1. The Morgan fingerprint density at radius 1 is 0.976 bits per heavy atom. The van der Waals surface area contributed by atoms with Gasteiger partial charge in [-0.25, -0.2) is 9.97 Å². The van der Waals surface area contributed by atoms with Crippen LogP contribution in [0.5, 0.6) is 0 Å². The van der Waals surface area contributed by atoms with Gasteiger partial charge in [-0.1, -0.05) is 18.7 Å². The molecule has 210 valence electrons. The number of carbonyl (C=O) groups excluding carboxylic acids is 1. The molecule has 1 aromatic carbocycles. The van der Waals surface area contributed by atoms with E-state index in [9.17, 15) is 9.59 Å². The molecule has 2 aliphatic rings. The van der Waals surface area contributed by atoms with Gasteiger partial charge in [0.05, 0.1) is 23.3 Å². The number of anilines is 6. The van der Waals surface area contributed by atoms with Crippen molar-refractivity contribution in [1.82, 2.24) is 24.4 Å². The second-order valence-electron chi connectivity index (χ2n) is 10.5. The number of carbonyl (C=O) groups is 1. The highest BCUT2D eigenvalue weighted by Gasteiger charge is 2.29. The number of para-hydroxylation sites is 1. The molecule has 5 heterocycles. The van der Waals surface area contributed by atoms with Gasteiger partial charge in [0.2, 0.25) is 5.95 Å².